The van der Waals surface area contributed by atoms with Gasteiger partial charge in [-0.05, 0) is 43.2 Å². The first kappa shape index (κ1) is 15.5. The van der Waals surface area contributed by atoms with E-state index in [1.165, 1.54) is 22.9 Å². The Bertz CT molecular complexity index is 852. The molecule has 0 saturated carbocycles. The molecule has 23 heavy (non-hydrogen) atoms. The van der Waals surface area contributed by atoms with Crippen LogP contribution < -0.4 is 0 Å². The number of benzene rings is 1. The number of alkyl halides is 2. The van der Waals surface area contributed by atoms with Gasteiger partial charge in [0.05, 0.1) is 16.8 Å². The minimum Gasteiger partial charge on any atom is -0.233 e. The third-order valence-electron chi connectivity index (χ3n) is 3.68. The van der Waals surface area contributed by atoms with Crippen LogP contribution in [0.3, 0.4) is 0 Å². The molecule has 0 unspecified atom stereocenters. The second kappa shape index (κ2) is 5.68. The maximum Gasteiger partial charge on any atom is 0.264 e. The molecule has 0 spiro atoms. The predicted molar refractivity (Wildman–Crippen MR) is 82.6 cm³/mol. The first-order valence-electron chi connectivity index (χ1n) is 7.32. The van der Waals surface area contributed by atoms with Gasteiger partial charge in [-0.25, -0.2) is 22.8 Å². The highest BCUT2D eigenvalue weighted by Gasteiger charge is 2.23. The Kier molecular flexibility index (Phi) is 3.83. The molecule has 0 N–H and O–H groups in total. The highest BCUT2D eigenvalue weighted by atomic mass is 19.3. The Morgan fingerprint density at radius 1 is 1.09 bits per heavy atom. The highest BCUT2D eigenvalue weighted by Crippen LogP contribution is 2.34. The van der Waals surface area contributed by atoms with Crippen LogP contribution in [0.2, 0.25) is 0 Å². The lowest BCUT2D eigenvalue weighted by Crippen LogP contribution is -2.00. The van der Waals surface area contributed by atoms with E-state index in [0.29, 0.717) is 28.1 Å². The summed E-state index contributed by atoms with van der Waals surface area (Å²) in [6.45, 7) is 5.46. The molecule has 3 aromatic rings. The molecular weight excluding hydrogens is 303 g/mol. The minimum atomic E-state index is -2.61. The summed E-state index contributed by atoms with van der Waals surface area (Å²) >= 11 is 0. The molecule has 0 saturated heterocycles. The lowest BCUT2D eigenvalue weighted by Gasteiger charge is -2.07. The van der Waals surface area contributed by atoms with Crippen LogP contribution in [0.4, 0.5) is 13.2 Å². The average molecular weight is 319 g/mol. The smallest absolute Gasteiger partial charge is 0.233 e. The van der Waals surface area contributed by atoms with E-state index < -0.39 is 6.43 Å². The van der Waals surface area contributed by atoms with Gasteiger partial charge in [0.1, 0.15) is 5.82 Å². The zero-order valence-electron chi connectivity index (χ0n) is 13.0. The van der Waals surface area contributed by atoms with Gasteiger partial charge in [0.15, 0.2) is 5.65 Å². The monoisotopic (exact) mass is 319 g/mol. The van der Waals surface area contributed by atoms with E-state index in [0.717, 1.165) is 0 Å². The molecular formula is C17H16F3N3. The van der Waals surface area contributed by atoms with Crippen molar-refractivity contribution in [1.82, 2.24) is 14.8 Å². The SMILES string of the molecule is Cc1cc(C(F)F)c2c(C(C)C)nn(-c3ccc(F)cc3)c2n1. The van der Waals surface area contributed by atoms with E-state index in [1.807, 2.05) is 13.8 Å². The van der Waals surface area contributed by atoms with E-state index in [-0.39, 0.29) is 17.3 Å². The molecule has 120 valence electrons. The second-order valence-electron chi connectivity index (χ2n) is 5.78. The van der Waals surface area contributed by atoms with Crippen molar-refractivity contribution in [2.45, 2.75) is 33.1 Å². The zero-order valence-corrected chi connectivity index (χ0v) is 13.0. The van der Waals surface area contributed by atoms with Gasteiger partial charge >= 0.3 is 0 Å². The molecule has 1 aromatic carbocycles. The zero-order chi connectivity index (χ0) is 16.7. The van der Waals surface area contributed by atoms with Crippen LogP contribution in [0.1, 0.15) is 43.1 Å². The van der Waals surface area contributed by atoms with Gasteiger partial charge in [-0.15, -0.1) is 0 Å². The first-order chi connectivity index (χ1) is 10.9. The summed E-state index contributed by atoms with van der Waals surface area (Å²) in [7, 11) is 0. The topological polar surface area (TPSA) is 30.7 Å². The van der Waals surface area contributed by atoms with Crippen molar-refractivity contribution in [3.05, 3.63) is 53.1 Å². The fourth-order valence-electron chi connectivity index (χ4n) is 2.64. The van der Waals surface area contributed by atoms with Crippen molar-refractivity contribution >= 4 is 11.0 Å². The van der Waals surface area contributed by atoms with Gasteiger partial charge in [-0.3, -0.25) is 0 Å². The average Bonchev–Trinajstić information content (AvgIpc) is 2.86. The third-order valence-corrected chi connectivity index (χ3v) is 3.68. The van der Waals surface area contributed by atoms with Crippen LogP contribution in [0, 0.1) is 12.7 Å². The Morgan fingerprint density at radius 2 is 1.74 bits per heavy atom. The summed E-state index contributed by atoms with van der Waals surface area (Å²) in [5.74, 6) is -0.409. The highest BCUT2D eigenvalue weighted by molar-refractivity contribution is 5.84. The number of pyridine rings is 1. The molecule has 0 bridgehead atoms. The molecule has 2 heterocycles. The van der Waals surface area contributed by atoms with Crippen molar-refractivity contribution in [3.63, 3.8) is 0 Å². The van der Waals surface area contributed by atoms with Crippen molar-refractivity contribution in [3.8, 4) is 5.69 Å². The fraction of sp³-hybridized carbons (Fsp3) is 0.294. The molecule has 3 nitrogen and oxygen atoms in total. The van der Waals surface area contributed by atoms with Gasteiger partial charge < -0.3 is 0 Å². The number of aryl methyl sites for hydroxylation is 1. The van der Waals surface area contributed by atoms with Crippen molar-refractivity contribution in [1.29, 1.82) is 0 Å². The van der Waals surface area contributed by atoms with Crippen LogP contribution in [0.5, 0.6) is 0 Å². The molecule has 0 aliphatic rings. The molecule has 0 amide bonds. The number of rotatable bonds is 3. The quantitative estimate of drug-likeness (QED) is 0.685. The first-order valence-corrected chi connectivity index (χ1v) is 7.32. The molecule has 0 aliphatic carbocycles. The molecule has 6 heteroatoms. The lowest BCUT2D eigenvalue weighted by atomic mass is 10.0. The largest absolute Gasteiger partial charge is 0.264 e. The molecule has 3 rings (SSSR count). The normalized spacial score (nSPS) is 11.8. The Balaban J connectivity index is 2.37. The minimum absolute atomic E-state index is 0.0406. The van der Waals surface area contributed by atoms with E-state index in [2.05, 4.69) is 10.1 Å². The Labute approximate surface area is 131 Å². The number of fused-ring (bicyclic) bond motifs is 1. The van der Waals surface area contributed by atoms with Crippen LogP contribution in [-0.4, -0.2) is 14.8 Å². The molecule has 0 radical (unpaired) electrons. The van der Waals surface area contributed by atoms with Gasteiger partial charge in [0.2, 0.25) is 0 Å². The number of aromatic nitrogens is 3. The molecule has 0 atom stereocenters. The number of hydrogen-bond donors (Lipinski definition) is 0. The fourth-order valence-corrected chi connectivity index (χ4v) is 2.64. The van der Waals surface area contributed by atoms with Crippen molar-refractivity contribution in [2.24, 2.45) is 0 Å². The van der Waals surface area contributed by atoms with E-state index >= 15 is 0 Å². The standard InChI is InChI=1S/C17H16F3N3/c1-9(2)15-14-13(16(19)20)8-10(3)21-17(14)23(22-15)12-6-4-11(18)5-7-12/h4-9,16H,1-3H3. The van der Waals surface area contributed by atoms with Gasteiger partial charge in [-0.1, -0.05) is 13.8 Å². The van der Waals surface area contributed by atoms with E-state index in [1.54, 1.807) is 19.1 Å². The molecule has 0 aliphatic heterocycles. The van der Waals surface area contributed by atoms with Crippen LogP contribution in [0.15, 0.2) is 30.3 Å². The maximum atomic E-state index is 13.5. The third kappa shape index (κ3) is 2.69. The number of hydrogen-bond acceptors (Lipinski definition) is 2. The molecule has 0 fully saturated rings. The Hall–Kier alpha value is -2.37. The summed E-state index contributed by atoms with van der Waals surface area (Å²) in [6.07, 6.45) is -2.61. The van der Waals surface area contributed by atoms with Crippen LogP contribution in [0.25, 0.3) is 16.7 Å². The number of halogens is 3. The summed E-state index contributed by atoms with van der Waals surface area (Å²) in [4.78, 5) is 4.39. The summed E-state index contributed by atoms with van der Waals surface area (Å²) in [5.41, 5.74) is 1.94. The van der Waals surface area contributed by atoms with E-state index in [4.69, 9.17) is 0 Å². The lowest BCUT2D eigenvalue weighted by molar-refractivity contribution is 0.153. The van der Waals surface area contributed by atoms with Gasteiger partial charge in [0, 0.05) is 11.3 Å². The summed E-state index contributed by atoms with van der Waals surface area (Å²) in [5, 5.41) is 4.85. The number of nitrogens with zero attached hydrogens (tertiary/aromatic N) is 3. The summed E-state index contributed by atoms with van der Waals surface area (Å²) < 4.78 is 41.6. The summed E-state index contributed by atoms with van der Waals surface area (Å²) in [6, 6.07) is 7.12. The van der Waals surface area contributed by atoms with E-state index in [9.17, 15) is 13.2 Å². The molecule has 2 aromatic heterocycles. The van der Waals surface area contributed by atoms with Gasteiger partial charge in [0.25, 0.3) is 6.43 Å². The predicted octanol–water partition coefficient (Wildman–Crippen LogP) is 4.93. The van der Waals surface area contributed by atoms with Gasteiger partial charge in [-0.2, -0.15) is 5.10 Å². The van der Waals surface area contributed by atoms with Crippen LogP contribution in [-0.2, 0) is 0 Å². The van der Waals surface area contributed by atoms with Crippen molar-refractivity contribution < 1.29 is 13.2 Å². The maximum absolute atomic E-state index is 13.5. The second-order valence-corrected chi connectivity index (χ2v) is 5.78. The van der Waals surface area contributed by atoms with Crippen molar-refractivity contribution in [2.75, 3.05) is 0 Å². The van der Waals surface area contributed by atoms with Crippen LogP contribution >= 0.6 is 0 Å². The Morgan fingerprint density at radius 3 is 2.30 bits per heavy atom.